The Labute approximate surface area is 97.2 Å². The number of urea groups is 1. The van der Waals surface area contributed by atoms with Crippen LogP contribution in [0.4, 0.5) is 4.79 Å². The Morgan fingerprint density at radius 1 is 1.25 bits per heavy atom. The van der Waals surface area contributed by atoms with Crippen LogP contribution in [0.2, 0.25) is 0 Å². The zero-order valence-corrected chi connectivity index (χ0v) is 9.99. The number of carbonyl (C=O) groups excluding carboxylic acids is 1. The molecule has 1 rings (SSSR count). The summed E-state index contributed by atoms with van der Waals surface area (Å²) in [5.74, 6) is 0.341. The van der Waals surface area contributed by atoms with Crippen molar-refractivity contribution in [2.75, 3.05) is 13.1 Å². The fourth-order valence-corrected chi connectivity index (χ4v) is 1.45. The lowest BCUT2D eigenvalue weighted by atomic mass is 10.0. The van der Waals surface area contributed by atoms with E-state index < -0.39 is 0 Å². The highest BCUT2D eigenvalue weighted by molar-refractivity contribution is 5.73. The van der Waals surface area contributed by atoms with Gasteiger partial charge in [-0.15, -0.1) is 0 Å². The van der Waals surface area contributed by atoms with Crippen molar-refractivity contribution in [2.24, 2.45) is 0 Å². The van der Waals surface area contributed by atoms with Gasteiger partial charge >= 0.3 is 6.03 Å². The smallest absolute Gasteiger partial charge is 0.314 e. The average molecular weight is 220 g/mol. The Morgan fingerprint density at radius 2 is 1.94 bits per heavy atom. The molecule has 16 heavy (non-hydrogen) atoms. The number of benzene rings is 1. The van der Waals surface area contributed by atoms with Crippen molar-refractivity contribution in [3.63, 3.8) is 0 Å². The molecule has 0 aliphatic heterocycles. The lowest BCUT2D eigenvalue weighted by molar-refractivity contribution is 0.240. The first-order valence-electron chi connectivity index (χ1n) is 5.80. The summed E-state index contributed by atoms with van der Waals surface area (Å²) in [6, 6.07) is 10.1. The van der Waals surface area contributed by atoms with E-state index in [1.165, 1.54) is 5.56 Å². The van der Waals surface area contributed by atoms with E-state index in [0.29, 0.717) is 12.5 Å². The van der Waals surface area contributed by atoms with Gasteiger partial charge in [-0.05, 0) is 17.9 Å². The second-order valence-corrected chi connectivity index (χ2v) is 3.95. The first-order valence-corrected chi connectivity index (χ1v) is 5.80. The molecule has 3 nitrogen and oxygen atoms in total. The van der Waals surface area contributed by atoms with Crippen LogP contribution in [0.15, 0.2) is 30.3 Å². The van der Waals surface area contributed by atoms with Crippen LogP contribution in [0.25, 0.3) is 0 Å². The normalized spacial score (nSPS) is 11.9. The fourth-order valence-electron chi connectivity index (χ4n) is 1.45. The Hall–Kier alpha value is -1.51. The minimum atomic E-state index is -0.0790. The van der Waals surface area contributed by atoms with Gasteiger partial charge in [0.15, 0.2) is 0 Å². The van der Waals surface area contributed by atoms with Gasteiger partial charge in [0.25, 0.3) is 0 Å². The van der Waals surface area contributed by atoms with Crippen LogP contribution in [0, 0.1) is 0 Å². The monoisotopic (exact) mass is 220 g/mol. The Morgan fingerprint density at radius 3 is 2.56 bits per heavy atom. The Kier molecular flexibility index (Phi) is 5.40. The molecule has 1 aromatic rings. The fraction of sp³-hybridized carbons (Fsp3) is 0.462. The van der Waals surface area contributed by atoms with Crippen molar-refractivity contribution in [3.05, 3.63) is 35.9 Å². The molecule has 0 heterocycles. The molecule has 0 aromatic heterocycles. The molecule has 0 spiro atoms. The second-order valence-electron chi connectivity index (χ2n) is 3.95. The molecule has 0 saturated carbocycles. The Balaban J connectivity index is 2.30. The zero-order valence-electron chi connectivity index (χ0n) is 9.99. The number of hydrogen-bond acceptors (Lipinski definition) is 1. The molecular weight excluding hydrogens is 200 g/mol. The van der Waals surface area contributed by atoms with Crippen LogP contribution in [-0.4, -0.2) is 19.1 Å². The summed E-state index contributed by atoms with van der Waals surface area (Å²) in [6.07, 6.45) is 0.960. The molecule has 0 fully saturated rings. The molecule has 0 aliphatic rings. The molecule has 0 saturated heterocycles. The van der Waals surface area contributed by atoms with E-state index in [-0.39, 0.29) is 6.03 Å². The molecule has 3 heteroatoms. The molecular formula is C13H20N2O. The van der Waals surface area contributed by atoms with Crippen molar-refractivity contribution in [2.45, 2.75) is 26.2 Å². The quantitative estimate of drug-likeness (QED) is 0.786. The maximum atomic E-state index is 11.3. The van der Waals surface area contributed by atoms with Gasteiger partial charge in [0.05, 0.1) is 0 Å². The van der Waals surface area contributed by atoms with E-state index in [1.807, 2.05) is 25.1 Å². The third-order valence-electron chi connectivity index (χ3n) is 2.47. The first kappa shape index (κ1) is 12.6. The van der Waals surface area contributed by atoms with Gasteiger partial charge < -0.3 is 10.6 Å². The van der Waals surface area contributed by atoms with Crippen molar-refractivity contribution >= 4 is 6.03 Å². The third kappa shape index (κ3) is 4.34. The lowest BCUT2D eigenvalue weighted by Gasteiger charge is -2.13. The van der Waals surface area contributed by atoms with Crippen LogP contribution in [0.3, 0.4) is 0 Å². The lowest BCUT2D eigenvalue weighted by Crippen LogP contribution is -2.37. The van der Waals surface area contributed by atoms with Crippen molar-refractivity contribution < 1.29 is 4.79 Å². The minimum absolute atomic E-state index is 0.0790. The highest BCUT2D eigenvalue weighted by Crippen LogP contribution is 2.12. The van der Waals surface area contributed by atoms with Crippen molar-refractivity contribution in [3.8, 4) is 0 Å². The van der Waals surface area contributed by atoms with E-state index in [9.17, 15) is 4.79 Å². The number of amides is 2. The molecule has 88 valence electrons. The topological polar surface area (TPSA) is 41.1 Å². The second kappa shape index (κ2) is 6.88. The summed E-state index contributed by atoms with van der Waals surface area (Å²) < 4.78 is 0. The maximum Gasteiger partial charge on any atom is 0.314 e. The van der Waals surface area contributed by atoms with Gasteiger partial charge in [-0.3, -0.25) is 0 Å². The number of hydrogen-bond donors (Lipinski definition) is 2. The van der Waals surface area contributed by atoms with Crippen LogP contribution in [0.1, 0.15) is 31.7 Å². The van der Waals surface area contributed by atoms with Crippen LogP contribution in [0.5, 0.6) is 0 Å². The van der Waals surface area contributed by atoms with Gasteiger partial charge in [0.2, 0.25) is 0 Å². The molecule has 1 unspecified atom stereocenters. The molecule has 0 bridgehead atoms. The largest absolute Gasteiger partial charge is 0.338 e. The van der Waals surface area contributed by atoms with E-state index in [2.05, 4.69) is 29.7 Å². The average Bonchev–Trinajstić information content (AvgIpc) is 2.34. The van der Waals surface area contributed by atoms with Gasteiger partial charge in [-0.2, -0.15) is 0 Å². The highest BCUT2D eigenvalue weighted by atomic mass is 16.2. The van der Waals surface area contributed by atoms with Crippen molar-refractivity contribution in [1.82, 2.24) is 10.6 Å². The summed E-state index contributed by atoms with van der Waals surface area (Å²) >= 11 is 0. The van der Waals surface area contributed by atoms with Gasteiger partial charge in [0, 0.05) is 13.1 Å². The zero-order chi connectivity index (χ0) is 11.8. The SMILES string of the molecule is CCCNC(=O)NCC(C)c1ccccc1. The van der Waals surface area contributed by atoms with Gasteiger partial charge in [0.1, 0.15) is 0 Å². The Bertz CT molecular complexity index is 311. The summed E-state index contributed by atoms with van der Waals surface area (Å²) in [6.45, 7) is 5.54. The standard InChI is InChI=1S/C13H20N2O/c1-3-9-14-13(16)15-10-11(2)12-7-5-4-6-8-12/h4-8,11H,3,9-10H2,1-2H3,(H2,14,15,16). The number of nitrogens with one attached hydrogen (secondary N) is 2. The van der Waals surface area contributed by atoms with E-state index in [1.54, 1.807) is 0 Å². The first-order chi connectivity index (χ1) is 7.74. The van der Waals surface area contributed by atoms with E-state index in [4.69, 9.17) is 0 Å². The van der Waals surface area contributed by atoms with Gasteiger partial charge in [-0.25, -0.2) is 4.79 Å². The highest BCUT2D eigenvalue weighted by Gasteiger charge is 2.06. The summed E-state index contributed by atoms with van der Waals surface area (Å²) in [4.78, 5) is 11.3. The molecule has 2 N–H and O–H groups in total. The summed E-state index contributed by atoms with van der Waals surface area (Å²) in [5, 5.41) is 5.65. The number of carbonyl (C=O) groups is 1. The molecule has 1 aromatic carbocycles. The predicted octanol–water partition coefficient (Wildman–Crippen LogP) is 2.50. The van der Waals surface area contributed by atoms with Crippen LogP contribution >= 0.6 is 0 Å². The third-order valence-corrected chi connectivity index (χ3v) is 2.47. The summed E-state index contributed by atoms with van der Waals surface area (Å²) in [5.41, 5.74) is 1.25. The summed E-state index contributed by atoms with van der Waals surface area (Å²) in [7, 11) is 0. The van der Waals surface area contributed by atoms with Crippen molar-refractivity contribution in [1.29, 1.82) is 0 Å². The van der Waals surface area contributed by atoms with E-state index in [0.717, 1.165) is 13.0 Å². The molecule has 1 atom stereocenters. The van der Waals surface area contributed by atoms with Crippen LogP contribution in [-0.2, 0) is 0 Å². The predicted molar refractivity (Wildman–Crippen MR) is 66.5 cm³/mol. The molecule has 0 aliphatic carbocycles. The molecule has 2 amide bonds. The maximum absolute atomic E-state index is 11.3. The molecule has 0 radical (unpaired) electrons. The minimum Gasteiger partial charge on any atom is -0.338 e. The number of rotatable bonds is 5. The van der Waals surface area contributed by atoms with Gasteiger partial charge in [-0.1, -0.05) is 44.2 Å². The van der Waals surface area contributed by atoms with Crippen LogP contribution < -0.4 is 10.6 Å². The van der Waals surface area contributed by atoms with E-state index >= 15 is 0 Å².